The molecule has 0 bridgehead atoms. The Balaban J connectivity index is 0.00000289. The molecule has 0 aromatic heterocycles. The van der Waals surface area contributed by atoms with Crippen molar-refractivity contribution < 1.29 is 62.3 Å². The van der Waals surface area contributed by atoms with Gasteiger partial charge in [-0.15, -0.1) is 18.2 Å². The molecule has 0 aliphatic heterocycles. The maximum absolute atomic E-state index is 10.7. The molecule has 0 aliphatic rings. The van der Waals surface area contributed by atoms with Crippen LogP contribution in [0.25, 0.3) is 0 Å². The van der Waals surface area contributed by atoms with Crippen LogP contribution in [0.2, 0.25) is 0 Å². The van der Waals surface area contributed by atoms with Crippen LogP contribution >= 0.6 is 0 Å². The number of hydrogen-bond acceptors (Lipinski definition) is 4. The Bertz CT molecular complexity index is 583. The molecule has 92 valence electrons. The summed E-state index contributed by atoms with van der Waals surface area (Å²) in [5, 5.41) is 17.3. The first-order chi connectivity index (χ1) is 7.70. The minimum absolute atomic E-state index is 0. The largest absolute Gasteiger partial charge is 1.00 e. The van der Waals surface area contributed by atoms with Gasteiger partial charge in [-0.3, -0.25) is 14.1 Å². The fourth-order valence-corrected chi connectivity index (χ4v) is 1.43. The Labute approximate surface area is 124 Å². The van der Waals surface area contributed by atoms with Gasteiger partial charge in [-0.25, -0.2) is 0 Å². The fraction of sp³-hybridized carbons (Fsp3) is 0. The van der Waals surface area contributed by atoms with Crippen molar-refractivity contribution in [2.24, 2.45) is 0 Å². The number of carboxylic acid groups (broad SMARTS) is 2. The van der Waals surface area contributed by atoms with Crippen molar-refractivity contribution in [3.05, 3.63) is 29.3 Å². The smallest absolute Gasteiger partial charge is 0.521 e. The molecule has 0 aliphatic carbocycles. The van der Waals surface area contributed by atoms with Gasteiger partial charge in [0, 0.05) is 5.56 Å². The van der Waals surface area contributed by atoms with Gasteiger partial charge in [0.1, 0.15) is 0 Å². The molecule has 1 aromatic rings. The molecule has 0 atom stereocenters. The van der Waals surface area contributed by atoms with Gasteiger partial charge in [0.15, 0.2) is 0 Å². The second kappa shape index (κ2) is 6.16. The molecule has 0 amide bonds. The van der Waals surface area contributed by atoms with Crippen LogP contribution in [0.4, 0.5) is 5.69 Å². The third-order valence-electron chi connectivity index (χ3n) is 1.64. The quantitative estimate of drug-likeness (QED) is 0.264. The van der Waals surface area contributed by atoms with E-state index in [1.807, 2.05) is 6.07 Å². The Morgan fingerprint density at radius 1 is 1.17 bits per heavy atom. The van der Waals surface area contributed by atoms with Gasteiger partial charge in [0.2, 0.25) is 5.97 Å². The average molecular weight is 283 g/mol. The third kappa shape index (κ3) is 4.63. The van der Waals surface area contributed by atoms with E-state index in [0.717, 1.165) is 12.1 Å². The third-order valence-corrected chi connectivity index (χ3v) is 2.10. The maximum atomic E-state index is 10.7. The van der Waals surface area contributed by atoms with Crippen LogP contribution in [-0.2, 0) is 10.3 Å². The van der Waals surface area contributed by atoms with Crippen molar-refractivity contribution in [2.75, 3.05) is 4.72 Å². The second-order valence-corrected chi connectivity index (χ2v) is 4.00. The zero-order chi connectivity index (χ0) is 13.2. The van der Waals surface area contributed by atoms with Gasteiger partial charge in [-0.1, -0.05) is 5.56 Å². The van der Waals surface area contributed by atoms with E-state index in [4.69, 9.17) is 14.8 Å². The standard InChI is InChI=1S/C8H6NO7S.Na/c10-7(11)4-1-2-5(8(12)13)6(3-4)9-17(14,15)16;/h1-2,9H,(H,10,11)(H,12,13)(H,14,15,16);/q-1;+1. The van der Waals surface area contributed by atoms with Crippen LogP contribution in [0.3, 0.4) is 0 Å². The molecular weight excluding hydrogens is 277 g/mol. The molecule has 1 rings (SSSR count). The Kier molecular flexibility index (Phi) is 5.77. The first-order valence-corrected chi connectivity index (χ1v) is 5.43. The average Bonchev–Trinajstić information content (AvgIpc) is 2.14. The molecular formula is C8H6NNaO7S. The van der Waals surface area contributed by atoms with Crippen LogP contribution in [0.1, 0.15) is 20.7 Å². The molecule has 8 nitrogen and oxygen atoms in total. The van der Waals surface area contributed by atoms with Gasteiger partial charge in [0.05, 0.1) is 0 Å². The van der Waals surface area contributed by atoms with E-state index in [0.29, 0.717) is 0 Å². The number of hydrogen-bond donors (Lipinski definition) is 4. The van der Waals surface area contributed by atoms with Crippen molar-refractivity contribution in [1.29, 1.82) is 0 Å². The minimum Gasteiger partial charge on any atom is -0.521 e. The number of carboxylic acids is 2. The molecule has 0 saturated heterocycles. The van der Waals surface area contributed by atoms with Gasteiger partial charge in [0.25, 0.3) is 5.97 Å². The summed E-state index contributed by atoms with van der Waals surface area (Å²) in [4.78, 5) is 21.3. The number of aromatic carboxylic acids is 2. The Hall–Kier alpha value is -1.13. The number of carbonyl (C=O) groups is 2. The van der Waals surface area contributed by atoms with Crippen LogP contribution in [0.15, 0.2) is 12.1 Å². The summed E-state index contributed by atoms with van der Waals surface area (Å²) < 4.78 is 31.0. The maximum Gasteiger partial charge on any atom is 1.00 e. The van der Waals surface area contributed by atoms with Gasteiger partial charge in [-0.05, 0) is 5.69 Å². The zero-order valence-electron chi connectivity index (χ0n) is 9.04. The van der Waals surface area contributed by atoms with Gasteiger partial charge < -0.3 is 15.0 Å². The van der Waals surface area contributed by atoms with E-state index in [2.05, 4.69) is 0 Å². The normalized spacial score (nSPS) is 10.3. The van der Waals surface area contributed by atoms with Crippen molar-refractivity contribution in [3.8, 4) is 0 Å². The Morgan fingerprint density at radius 2 is 1.72 bits per heavy atom. The first-order valence-electron chi connectivity index (χ1n) is 3.99. The Morgan fingerprint density at radius 3 is 2.11 bits per heavy atom. The summed E-state index contributed by atoms with van der Waals surface area (Å²) in [5.74, 6) is -2.91. The zero-order valence-corrected chi connectivity index (χ0v) is 11.9. The summed E-state index contributed by atoms with van der Waals surface area (Å²) in [7, 11) is -4.71. The predicted octanol–water partition coefficient (Wildman–Crippen LogP) is -2.90. The minimum atomic E-state index is -4.71. The van der Waals surface area contributed by atoms with E-state index in [1.54, 1.807) is 0 Å². The van der Waals surface area contributed by atoms with E-state index < -0.39 is 39.1 Å². The SMILES string of the molecule is O=C(O)c1[c-]c(NS(=O)(=O)O)c(C(=O)O)cc1.[Na+]. The summed E-state index contributed by atoms with van der Waals surface area (Å²) in [6.45, 7) is 0. The summed E-state index contributed by atoms with van der Waals surface area (Å²) in [5.41, 5.74) is -1.63. The molecule has 0 spiro atoms. The van der Waals surface area contributed by atoms with E-state index in [9.17, 15) is 18.0 Å². The first kappa shape index (κ1) is 16.9. The van der Waals surface area contributed by atoms with Crippen LogP contribution < -0.4 is 34.3 Å². The van der Waals surface area contributed by atoms with Crippen LogP contribution in [-0.4, -0.2) is 35.1 Å². The second-order valence-electron chi connectivity index (χ2n) is 2.85. The molecule has 0 saturated carbocycles. The van der Waals surface area contributed by atoms with E-state index in [1.165, 1.54) is 4.72 Å². The predicted molar refractivity (Wildman–Crippen MR) is 54.4 cm³/mol. The van der Waals surface area contributed by atoms with Crippen molar-refractivity contribution >= 4 is 27.9 Å². The number of nitrogens with one attached hydrogen (secondary N) is 1. The van der Waals surface area contributed by atoms with E-state index >= 15 is 0 Å². The van der Waals surface area contributed by atoms with Crippen molar-refractivity contribution in [1.82, 2.24) is 0 Å². The summed E-state index contributed by atoms with van der Waals surface area (Å²) in [6, 6.07) is 3.85. The molecule has 18 heavy (non-hydrogen) atoms. The topological polar surface area (TPSA) is 141 Å². The van der Waals surface area contributed by atoms with Crippen LogP contribution in [0, 0.1) is 6.07 Å². The monoisotopic (exact) mass is 283 g/mol. The van der Waals surface area contributed by atoms with Gasteiger partial charge >= 0.3 is 39.9 Å². The number of anilines is 1. The summed E-state index contributed by atoms with van der Waals surface area (Å²) >= 11 is 0. The molecule has 1 aromatic carbocycles. The van der Waals surface area contributed by atoms with Crippen molar-refractivity contribution in [2.45, 2.75) is 0 Å². The van der Waals surface area contributed by atoms with Gasteiger partial charge in [-0.2, -0.15) is 8.42 Å². The van der Waals surface area contributed by atoms with Crippen LogP contribution in [0.5, 0.6) is 0 Å². The molecule has 0 heterocycles. The number of rotatable bonds is 4. The molecule has 0 unspecified atom stereocenters. The van der Waals surface area contributed by atoms with Crippen molar-refractivity contribution in [3.63, 3.8) is 0 Å². The molecule has 0 radical (unpaired) electrons. The van der Waals surface area contributed by atoms with E-state index in [-0.39, 0.29) is 29.6 Å². The molecule has 4 N–H and O–H groups in total. The summed E-state index contributed by atoms with van der Waals surface area (Å²) in [6.07, 6.45) is 0. The fourth-order valence-electron chi connectivity index (χ4n) is 1.01. The number of benzene rings is 1. The molecule has 0 fully saturated rings. The molecule has 10 heteroatoms.